The van der Waals surface area contributed by atoms with Gasteiger partial charge in [-0.25, -0.2) is 0 Å². The highest BCUT2D eigenvalue weighted by Crippen LogP contribution is 2.39. The largest absolute Gasteiger partial charge is 0.493 e. The quantitative estimate of drug-likeness (QED) is 0.703. The molecule has 2 atom stereocenters. The molecule has 0 spiro atoms. The Kier molecular flexibility index (Phi) is 4.18. The predicted octanol–water partition coefficient (Wildman–Crippen LogP) is 5.23. The van der Waals surface area contributed by atoms with Crippen molar-refractivity contribution in [2.24, 2.45) is 0 Å². The third-order valence-electron chi connectivity index (χ3n) is 3.90. The average Bonchev–Trinajstić information content (AvgIpc) is 2.89. The lowest BCUT2D eigenvalue weighted by molar-refractivity contribution is 0.320. The first kappa shape index (κ1) is 13.8. The molecule has 3 rings (SSSR count). The summed E-state index contributed by atoms with van der Waals surface area (Å²) in [5.74, 6) is 2.38. The number of hydrogen-bond acceptors (Lipinski definition) is 1. The van der Waals surface area contributed by atoms with Crippen LogP contribution in [0.15, 0.2) is 48.5 Å². The third-order valence-corrected chi connectivity index (χ3v) is 4.52. The van der Waals surface area contributed by atoms with E-state index < -0.39 is 0 Å². The van der Waals surface area contributed by atoms with Gasteiger partial charge in [0.1, 0.15) is 5.75 Å². The van der Waals surface area contributed by atoms with Crippen LogP contribution in [0.4, 0.5) is 0 Å². The first-order valence-electron chi connectivity index (χ1n) is 6.81. The van der Waals surface area contributed by atoms with Crippen molar-refractivity contribution in [2.75, 3.05) is 12.5 Å². The summed E-state index contributed by atoms with van der Waals surface area (Å²) in [6.07, 6.45) is 1.00. The Hall–Kier alpha value is -1.18. The van der Waals surface area contributed by atoms with Crippen LogP contribution in [-0.2, 0) is 0 Å². The zero-order chi connectivity index (χ0) is 13.9. The standard InChI is InChI=1S/C17H16Cl2O/c18-10-13(12-5-7-15(19)8-6-12)9-14-11-20-17-4-2-1-3-16(14)17/h1-8,13-14H,9-11H2. The smallest absolute Gasteiger partial charge is 0.122 e. The van der Waals surface area contributed by atoms with E-state index in [0.29, 0.717) is 17.7 Å². The second kappa shape index (κ2) is 6.07. The van der Waals surface area contributed by atoms with Gasteiger partial charge in [0.25, 0.3) is 0 Å². The lowest BCUT2D eigenvalue weighted by Crippen LogP contribution is -2.09. The minimum atomic E-state index is 0.327. The first-order chi connectivity index (χ1) is 9.78. The molecular formula is C17H16Cl2O. The van der Waals surface area contributed by atoms with Crippen molar-refractivity contribution in [3.63, 3.8) is 0 Å². The highest BCUT2D eigenvalue weighted by Gasteiger charge is 2.26. The maximum Gasteiger partial charge on any atom is 0.122 e. The van der Waals surface area contributed by atoms with Crippen LogP contribution in [0.1, 0.15) is 29.4 Å². The number of halogens is 2. The zero-order valence-electron chi connectivity index (χ0n) is 11.1. The molecule has 0 aliphatic carbocycles. The number of fused-ring (bicyclic) bond motifs is 1. The SMILES string of the molecule is ClCC(CC1COc2ccccc21)c1ccc(Cl)cc1. The normalized spacial score (nSPS) is 18.4. The fraction of sp³-hybridized carbons (Fsp3) is 0.294. The molecular weight excluding hydrogens is 291 g/mol. The first-order valence-corrected chi connectivity index (χ1v) is 7.72. The van der Waals surface area contributed by atoms with E-state index in [1.165, 1.54) is 11.1 Å². The highest BCUT2D eigenvalue weighted by molar-refractivity contribution is 6.30. The molecule has 2 aromatic carbocycles. The van der Waals surface area contributed by atoms with Crippen LogP contribution >= 0.6 is 23.2 Å². The molecule has 0 amide bonds. The summed E-state index contributed by atoms with van der Waals surface area (Å²) in [6.45, 7) is 0.750. The lowest BCUT2D eigenvalue weighted by atomic mass is 9.87. The molecule has 20 heavy (non-hydrogen) atoms. The fourth-order valence-corrected chi connectivity index (χ4v) is 3.22. The molecule has 104 valence electrons. The Labute approximate surface area is 129 Å². The highest BCUT2D eigenvalue weighted by atomic mass is 35.5. The van der Waals surface area contributed by atoms with Gasteiger partial charge in [-0.05, 0) is 36.1 Å². The minimum absolute atomic E-state index is 0.327. The van der Waals surface area contributed by atoms with Crippen molar-refractivity contribution in [1.29, 1.82) is 0 Å². The molecule has 0 radical (unpaired) electrons. The van der Waals surface area contributed by atoms with Crippen LogP contribution in [0, 0.1) is 0 Å². The molecule has 1 aliphatic rings. The number of para-hydroxylation sites is 1. The number of hydrogen-bond donors (Lipinski definition) is 0. The van der Waals surface area contributed by atoms with E-state index in [4.69, 9.17) is 27.9 Å². The Morgan fingerprint density at radius 2 is 1.85 bits per heavy atom. The zero-order valence-corrected chi connectivity index (χ0v) is 12.6. The van der Waals surface area contributed by atoms with Crippen LogP contribution in [0.2, 0.25) is 5.02 Å². The van der Waals surface area contributed by atoms with Gasteiger partial charge in [0, 0.05) is 22.4 Å². The second-order valence-corrected chi connectivity index (χ2v) is 5.93. The van der Waals surface area contributed by atoms with Gasteiger partial charge < -0.3 is 4.74 Å². The van der Waals surface area contributed by atoms with E-state index in [0.717, 1.165) is 23.8 Å². The van der Waals surface area contributed by atoms with Crippen LogP contribution in [-0.4, -0.2) is 12.5 Å². The summed E-state index contributed by atoms with van der Waals surface area (Å²) in [4.78, 5) is 0. The van der Waals surface area contributed by atoms with Crippen molar-refractivity contribution in [1.82, 2.24) is 0 Å². The summed E-state index contributed by atoms with van der Waals surface area (Å²) in [5, 5.41) is 0.761. The summed E-state index contributed by atoms with van der Waals surface area (Å²) in [6, 6.07) is 16.3. The maximum absolute atomic E-state index is 6.17. The van der Waals surface area contributed by atoms with Gasteiger partial charge >= 0.3 is 0 Å². The van der Waals surface area contributed by atoms with E-state index in [-0.39, 0.29) is 0 Å². The van der Waals surface area contributed by atoms with E-state index in [1.807, 2.05) is 24.3 Å². The number of ether oxygens (including phenoxy) is 1. The summed E-state index contributed by atoms with van der Waals surface area (Å²) < 4.78 is 5.75. The molecule has 0 saturated heterocycles. The molecule has 1 nitrogen and oxygen atoms in total. The van der Waals surface area contributed by atoms with Crippen molar-refractivity contribution in [2.45, 2.75) is 18.3 Å². The molecule has 1 heterocycles. The van der Waals surface area contributed by atoms with E-state index >= 15 is 0 Å². The van der Waals surface area contributed by atoms with Gasteiger partial charge in [0.05, 0.1) is 6.61 Å². The molecule has 0 N–H and O–H groups in total. The Morgan fingerprint density at radius 1 is 1.10 bits per heavy atom. The third kappa shape index (κ3) is 2.79. The monoisotopic (exact) mass is 306 g/mol. The van der Waals surface area contributed by atoms with Crippen molar-refractivity contribution in [3.05, 3.63) is 64.7 Å². The second-order valence-electron chi connectivity index (χ2n) is 5.18. The average molecular weight is 307 g/mol. The molecule has 2 unspecified atom stereocenters. The van der Waals surface area contributed by atoms with Crippen molar-refractivity contribution < 1.29 is 4.74 Å². The summed E-state index contributed by atoms with van der Waals surface area (Å²) >= 11 is 12.1. The van der Waals surface area contributed by atoms with Crippen LogP contribution in [0.25, 0.3) is 0 Å². The molecule has 1 aliphatic heterocycles. The van der Waals surface area contributed by atoms with Gasteiger partial charge in [-0.2, -0.15) is 0 Å². The van der Waals surface area contributed by atoms with Gasteiger partial charge in [0.15, 0.2) is 0 Å². The maximum atomic E-state index is 6.17. The van der Waals surface area contributed by atoms with Crippen LogP contribution < -0.4 is 4.74 Å². The molecule has 2 aromatic rings. The number of benzene rings is 2. The number of alkyl halides is 1. The van der Waals surface area contributed by atoms with Gasteiger partial charge in [0.2, 0.25) is 0 Å². The Balaban J connectivity index is 1.78. The van der Waals surface area contributed by atoms with E-state index in [1.54, 1.807) is 0 Å². The van der Waals surface area contributed by atoms with Gasteiger partial charge in [-0.1, -0.05) is 41.9 Å². The summed E-state index contributed by atoms with van der Waals surface area (Å²) in [5.41, 5.74) is 2.55. The van der Waals surface area contributed by atoms with Gasteiger partial charge in [-0.3, -0.25) is 0 Å². The summed E-state index contributed by atoms with van der Waals surface area (Å²) in [7, 11) is 0. The predicted molar refractivity (Wildman–Crippen MR) is 84.2 cm³/mol. The van der Waals surface area contributed by atoms with Crippen molar-refractivity contribution >= 4 is 23.2 Å². The molecule has 0 fully saturated rings. The molecule has 0 bridgehead atoms. The van der Waals surface area contributed by atoms with Crippen LogP contribution in [0.5, 0.6) is 5.75 Å². The van der Waals surface area contributed by atoms with E-state index in [2.05, 4.69) is 24.3 Å². The molecule has 0 aromatic heterocycles. The van der Waals surface area contributed by atoms with E-state index in [9.17, 15) is 0 Å². The molecule has 0 saturated carbocycles. The fourth-order valence-electron chi connectivity index (χ4n) is 2.79. The number of rotatable bonds is 4. The Morgan fingerprint density at radius 3 is 2.60 bits per heavy atom. The molecule has 3 heteroatoms. The van der Waals surface area contributed by atoms with Crippen LogP contribution in [0.3, 0.4) is 0 Å². The van der Waals surface area contributed by atoms with Crippen molar-refractivity contribution in [3.8, 4) is 5.75 Å². The van der Waals surface area contributed by atoms with Gasteiger partial charge in [-0.15, -0.1) is 11.6 Å². The lowest BCUT2D eigenvalue weighted by Gasteiger charge is -2.18. The topological polar surface area (TPSA) is 9.23 Å². The Bertz CT molecular complexity index is 580. The minimum Gasteiger partial charge on any atom is -0.493 e.